The van der Waals surface area contributed by atoms with Crippen molar-refractivity contribution >= 4 is 17.4 Å². The minimum atomic E-state index is -0.420. The first-order valence-corrected chi connectivity index (χ1v) is 5.40. The molecular weight excluding hydrogens is 224 g/mol. The molecule has 2 aromatic rings. The van der Waals surface area contributed by atoms with Crippen LogP contribution in [0.4, 0.5) is 0 Å². The van der Waals surface area contributed by atoms with Crippen molar-refractivity contribution in [3.8, 4) is 11.4 Å². The Morgan fingerprint density at radius 2 is 2.31 bits per heavy atom. The van der Waals surface area contributed by atoms with Gasteiger partial charge in [0.2, 0.25) is 5.01 Å². The van der Waals surface area contributed by atoms with Crippen molar-refractivity contribution in [1.82, 2.24) is 14.8 Å². The molecule has 0 fully saturated rings. The van der Waals surface area contributed by atoms with Crippen molar-refractivity contribution in [2.24, 2.45) is 5.84 Å². The SMILES string of the molecule is Cc1cccc(-c2nsc(C(=O)NN)n2)c1. The average Bonchev–Trinajstić information content (AvgIpc) is 2.77. The predicted molar refractivity (Wildman–Crippen MR) is 61.7 cm³/mol. The van der Waals surface area contributed by atoms with Crippen molar-refractivity contribution in [3.05, 3.63) is 34.8 Å². The van der Waals surface area contributed by atoms with Crippen LogP contribution in [0, 0.1) is 6.92 Å². The second-order valence-corrected chi connectivity index (χ2v) is 4.02. The number of aryl methyl sites for hydroxylation is 1. The van der Waals surface area contributed by atoms with Gasteiger partial charge in [-0.25, -0.2) is 10.8 Å². The van der Waals surface area contributed by atoms with Gasteiger partial charge in [-0.1, -0.05) is 23.8 Å². The lowest BCUT2D eigenvalue weighted by Crippen LogP contribution is -2.29. The molecule has 1 heterocycles. The maximum absolute atomic E-state index is 11.2. The van der Waals surface area contributed by atoms with Gasteiger partial charge in [-0.15, -0.1) is 0 Å². The fraction of sp³-hybridized carbons (Fsp3) is 0.100. The standard InChI is InChI=1S/C10H10N4OS/c1-6-3-2-4-7(5-6)8-12-10(16-14-8)9(15)13-11/h2-5H,11H2,1H3,(H,13,15). The molecule has 3 N–H and O–H groups in total. The van der Waals surface area contributed by atoms with Gasteiger partial charge in [-0.2, -0.15) is 4.37 Å². The number of nitrogen functional groups attached to an aromatic ring is 1. The zero-order chi connectivity index (χ0) is 11.5. The molecule has 0 bridgehead atoms. The predicted octanol–water partition coefficient (Wildman–Crippen LogP) is 1.12. The van der Waals surface area contributed by atoms with Crippen LogP contribution in [-0.2, 0) is 0 Å². The largest absolute Gasteiger partial charge is 0.295 e. The van der Waals surface area contributed by atoms with Gasteiger partial charge in [-0.05, 0) is 24.5 Å². The lowest BCUT2D eigenvalue weighted by Gasteiger charge is -1.96. The average molecular weight is 234 g/mol. The molecule has 0 atom stereocenters. The number of hydrogen-bond acceptors (Lipinski definition) is 5. The van der Waals surface area contributed by atoms with Gasteiger partial charge in [0.15, 0.2) is 5.82 Å². The first kappa shape index (κ1) is 10.7. The van der Waals surface area contributed by atoms with E-state index in [0.717, 1.165) is 22.7 Å². The molecule has 0 saturated heterocycles. The number of carbonyl (C=O) groups excluding carboxylic acids is 1. The minimum Gasteiger partial charge on any atom is -0.288 e. The highest BCUT2D eigenvalue weighted by atomic mass is 32.1. The number of hydrogen-bond donors (Lipinski definition) is 2. The van der Waals surface area contributed by atoms with Gasteiger partial charge in [0, 0.05) is 5.56 Å². The van der Waals surface area contributed by atoms with E-state index in [-0.39, 0.29) is 5.01 Å². The molecule has 6 heteroatoms. The second-order valence-electron chi connectivity index (χ2n) is 3.27. The second kappa shape index (κ2) is 4.38. The molecular formula is C10H10N4OS. The number of aromatic nitrogens is 2. The van der Waals surface area contributed by atoms with Crippen LogP contribution in [0.25, 0.3) is 11.4 Å². The third-order valence-electron chi connectivity index (χ3n) is 2.03. The molecule has 5 nitrogen and oxygen atoms in total. The molecule has 0 aliphatic rings. The van der Waals surface area contributed by atoms with Crippen LogP contribution in [0.2, 0.25) is 0 Å². The summed E-state index contributed by atoms with van der Waals surface area (Å²) in [6.07, 6.45) is 0. The molecule has 82 valence electrons. The summed E-state index contributed by atoms with van der Waals surface area (Å²) in [7, 11) is 0. The van der Waals surface area contributed by atoms with Gasteiger partial charge >= 0.3 is 0 Å². The lowest BCUT2D eigenvalue weighted by atomic mass is 10.1. The van der Waals surface area contributed by atoms with Crippen LogP contribution >= 0.6 is 11.5 Å². The number of benzene rings is 1. The van der Waals surface area contributed by atoms with E-state index in [9.17, 15) is 4.79 Å². The Morgan fingerprint density at radius 1 is 1.50 bits per heavy atom. The van der Waals surface area contributed by atoms with Gasteiger partial charge in [-0.3, -0.25) is 10.2 Å². The molecule has 16 heavy (non-hydrogen) atoms. The number of carbonyl (C=O) groups is 1. The Morgan fingerprint density at radius 3 is 3.00 bits per heavy atom. The molecule has 0 spiro atoms. The maximum Gasteiger partial charge on any atom is 0.295 e. The van der Waals surface area contributed by atoms with Crippen molar-refractivity contribution in [3.63, 3.8) is 0 Å². The van der Waals surface area contributed by atoms with Crippen LogP contribution in [-0.4, -0.2) is 15.3 Å². The van der Waals surface area contributed by atoms with Gasteiger partial charge in [0.05, 0.1) is 0 Å². The van der Waals surface area contributed by atoms with E-state index in [1.54, 1.807) is 0 Å². The summed E-state index contributed by atoms with van der Waals surface area (Å²) in [5, 5.41) is 0.263. The van der Waals surface area contributed by atoms with E-state index < -0.39 is 5.91 Å². The maximum atomic E-state index is 11.2. The molecule has 0 saturated carbocycles. The number of nitrogens with one attached hydrogen (secondary N) is 1. The van der Waals surface area contributed by atoms with Crippen molar-refractivity contribution < 1.29 is 4.79 Å². The zero-order valence-corrected chi connectivity index (χ0v) is 9.41. The Balaban J connectivity index is 2.35. The van der Waals surface area contributed by atoms with Crippen molar-refractivity contribution in [2.45, 2.75) is 6.92 Å². The van der Waals surface area contributed by atoms with E-state index in [1.807, 2.05) is 36.6 Å². The number of nitrogens with two attached hydrogens (primary N) is 1. The fourth-order valence-electron chi connectivity index (χ4n) is 1.28. The number of rotatable bonds is 2. The molecule has 2 rings (SSSR count). The summed E-state index contributed by atoms with van der Waals surface area (Å²) in [6, 6.07) is 7.78. The quantitative estimate of drug-likeness (QED) is 0.463. The lowest BCUT2D eigenvalue weighted by molar-refractivity contribution is 0.0953. The number of hydrazine groups is 1. The Labute approximate surface area is 96.5 Å². The molecule has 1 aromatic heterocycles. The highest BCUT2D eigenvalue weighted by Gasteiger charge is 2.12. The van der Waals surface area contributed by atoms with E-state index >= 15 is 0 Å². The Hall–Kier alpha value is -1.79. The molecule has 0 aliphatic carbocycles. The fourth-order valence-corrected chi connectivity index (χ4v) is 1.87. The summed E-state index contributed by atoms with van der Waals surface area (Å²) in [6.45, 7) is 1.99. The van der Waals surface area contributed by atoms with Gasteiger partial charge in [0.25, 0.3) is 5.91 Å². The molecule has 1 amide bonds. The normalized spacial score (nSPS) is 10.1. The summed E-state index contributed by atoms with van der Waals surface area (Å²) in [5.41, 5.74) is 4.04. The summed E-state index contributed by atoms with van der Waals surface area (Å²) in [4.78, 5) is 15.3. The zero-order valence-electron chi connectivity index (χ0n) is 8.60. The van der Waals surface area contributed by atoms with Crippen LogP contribution in [0.15, 0.2) is 24.3 Å². The number of amides is 1. The first-order chi connectivity index (χ1) is 7.70. The molecule has 0 radical (unpaired) electrons. The topological polar surface area (TPSA) is 80.9 Å². The highest BCUT2D eigenvalue weighted by Crippen LogP contribution is 2.18. The van der Waals surface area contributed by atoms with Gasteiger partial charge in [0.1, 0.15) is 0 Å². The van der Waals surface area contributed by atoms with Crippen LogP contribution in [0.3, 0.4) is 0 Å². The molecule has 1 aromatic carbocycles. The van der Waals surface area contributed by atoms with Crippen molar-refractivity contribution in [1.29, 1.82) is 0 Å². The minimum absolute atomic E-state index is 0.263. The van der Waals surface area contributed by atoms with Crippen molar-refractivity contribution in [2.75, 3.05) is 0 Å². The highest BCUT2D eigenvalue weighted by molar-refractivity contribution is 7.07. The summed E-state index contributed by atoms with van der Waals surface area (Å²) in [5.74, 6) is 5.14. The summed E-state index contributed by atoms with van der Waals surface area (Å²) >= 11 is 1.03. The Kier molecular flexibility index (Phi) is 2.93. The smallest absolute Gasteiger partial charge is 0.288 e. The third-order valence-corrected chi connectivity index (χ3v) is 2.74. The molecule has 0 unspecified atom stereocenters. The molecule has 0 aliphatic heterocycles. The van der Waals surface area contributed by atoms with Crippen LogP contribution in [0.5, 0.6) is 0 Å². The van der Waals surface area contributed by atoms with Gasteiger partial charge < -0.3 is 0 Å². The first-order valence-electron chi connectivity index (χ1n) is 4.62. The van der Waals surface area contributed by atoms with E-state index in [4.69, 9.17) is 5.84 Å². The number of nitrogens with zero attached hydrogens (tertiary/aromatic N) is 2. The van der Waals surface area contributed by atoms with E-state index in [2.05, 4.69) is 9.36 Å². The van der Waals surface area contributed by atoms with E-state index in [0.29, 0.717) is 5.82 Å². The third kappa shape index (κ3) is 2.07. The Bertz CT molecular complexity index is 523. The van der Waals surface area contributed by atoms with E-state index in [1.165, 1.54) is 0 Å². The van der Waals surface area contributed by atoms with Crippen LogP contribution < -0.4 is 11.3 Å². The summed E-state index contributed by atoms with van der Waals surface area (Å²) < 4.78 is 4.11. The monoisotopic (exact) mass is 234 g/mol. The van der Waals surface area contributed by atoms with Crippen LogP contribution in [0.1, 0.15) is 15.4 Å².